The summed E-state index contributed by atoms with van der Waals surface area (Å²) < 4.78 is 1.90. The lowest BCUT2D eigenvalue weighted by molar-refractivity contribution is -0.384. The van der Waals surface area contributed by atoms with Crippen LogP contribution in [0.15, 0.2) is 96.3 Å². The third kappa shape index (κ3) is 4.81. The first-order valence-electron chi connectivity index (χ1n) is 9.47. The van der Waals surface area contributed by atoms with Gasteiger partial charge in [-0.1, -0.05) is 60.3 Å². The number of nitro benzene ring substituents is 1. The molecular weight excluding hydrogens is 412 g/mol. The quantitative estimate of drug-likeness (QED) is 0.248. The van der Waals surface area contributed by atoms with Crippen LogP contribution in [0.4, 0.5) is 11.4 Å². The Kier molecular flexibility index (Phi) is 6.09. The van der Waals surface area contributed by atoms with Crippen molar-refractivity contribution in [2.45, 2.75) is 5.16 Å². The van der Waals surface area contributed by atoms with Gasteiger partial charge in [-0.15, -0.1) is 0 Å². The van der Waals surface area contributed by atoms with Gasteiger partial charge in [0.15, 0.2) is 5.16 Å². The molecule has 1 amide bonds. The van der Waals surface area contributed by atoms with Crippen molar-refractivity contribution < 1.29 is 9.72 Å². The average Bonchev–Trinajstić information content (AvgIpc) is 3.23. The molecule has 0 radical (unpaired) electrons. The summed E-state index contributed by atoms with van der Waals surface area (Å²) in [6, 6.07) is 25.3. The van der Waals surface area contributed by atoms with Gasteiger partial charge in [-0.3, -0.25) is 19.5 Å². The Labute approximate surface area is 182 Å². The Bertz CT molecular complexity index is 1210. The molecule has 0 saturated carbocycles. The average molecular weight is 430 g/mol. The van der Waals surface area contributed by atoms with E-state index in [1.165, 1.54) is 23.9 Å². The second-order valence-corrected chi connectivity index (χ2v) is 7.55. The number of thioether (sulfide) groups is 1. The number of benzene rings is 3. The maximum Gasteiger partial charge on any atom is 0.270 e. The molecule has 1 N–H and O–H groups in total. The van der Waals surface area contributed by atoms with Crippen LogP contribution in [0.3, 0.4) is 0 Å². The Morgan fingerprint density at radius 1 is 1.00 bits per heavy atom. The monoisotopic (exact) mass is 430 g/mol. The molecule has 4 rings (SSSR count). The molecule has 3 aromatic carbocycles. The van der Waals surface area contributed by atoms with Gasteiger partial charge < -0.3 is 5.32 Å². The first-order valence-corrected chi connectivity index (χ1v) is 10.5. The number of aromatic nitrogens is 2. The molecule has 4 aromatic rings. The maximum absolute atomic E-state index is 12.4. The molecule has 8 heteroatoms. The molecule has 7 nitrogen and oxygen atoms in total. The second-order valence-electron chi connectivity index (χ2n) is 6.61. The lowest BCUT2D eigenvalue weighted by Crippen LogP contribution is -2.14. The van der Waals surface area contributed by atoms with Crippen LogP contribution < -0.4 is 5.32 Å². The molecule has 1 heterocycles. The van der Waals surface area contributed by atoms with Gasteiger partial charge in [0.05, 0.1) is 22.6 Å². The van der Waals surface area contributed by atoms with Gasteiger partial charge in [0, 0.05) is 29.1 Å². The second kappa shape index (κ2) is 9.27. The fourth-order valence-corrected chi connectivity index (χ4v) is 3.89. The summed E-state index contributed by atoms with van der Waals surface area (Å²) in [6.45, 7) is 0. The van der Waals surface area contributed by atoms with Crippen LogP contribution in [0.25, 0.3) is 16.9 Å². The molecule has 1 aromatic heterocycles. The minimum atomic E-state index is -0.420. The highest BCUT2D eigenvalue weighted by molar-refractivity contribution is 7.99. The van der Waals surface area contributed by atoms with Crippen LogP contribution in [0, 0.1) is 10.1 Å². The highest BCUT2D eigenvalue weighted by Crippen LogP contribution is 2.31. The molecular formula is C23H18N4O3S. The van der Waals surface area contributed by atoms with E-state index in [4.69, 9.17) is 0 Å². The Hall–Kier alpha value is -3.91. The van der Waals surface area contributed by atoms with Crippen molar-refractivity contribution >= 4 is 29.0 Å². The Balaban J connectivity index is 1.63. The van der Waals surface area contributed by atoms with E-state index in [1.54, 1.807) is 18.3 Å². The number of carbonyl (C=O) groups excluding carboxylic acids is 1. The predicted octanol–water partition coefficient (Wildman–Crippen LogP) is 5.18. The van der Waals surface area contributed by atoms with Crippen LogP contribution in [0.1, 0.15) is 0 Å². The molecule has 0 aliphatic rings. The highest BCUT2D eigenvalue weighted by atomic mass is 32.2. The number of carbonyl (C=O) groups is 1. The van der Waals surface area contributed by atoms with Crippen LogP contribution >= 0.6 is 11.8 Å². The van der Waals surface area contributed by atoms with Gasteiger partial charge >= 0.3 is 0 Å². The van der Waals surface area contributed by atoms with Gasteiger partial charge in [-0.05, 0) is 24.3 Å². The number of anilines is 1. The summed E-state index contributed by atoms with van der Waals surface area (Å²) >= 11 is 1.30. The van der Waals surface area contributed by atoms with Gasteiger partial charge in [0.2, 0.25) is 5.91 Å². The van der Waals surface area contributed by atoms with Crippen molar-refractivity contribution in [3.05, 3.63) is 101 Å². The lowest BCUT2D eigenvalue weighted by Gasteiger charge is -2.12. The number of nitro groups is 1. The van der Waals surface area contributed by atoms with Gasteiger partial charge in [0.1, 0.15) is 0 Å². The number of nitrogens with zero attached hydrogens (tertiary/aromatic N) is 3. The van der Waals surface area contributed by atoms with E-state index >= 15 is 0 Å². The summed E-state index contributed by atoms with van der Waals surface area (Å²) in [5, 5.41) is 14.7. The maximum atomic E-state index is 12.4. The molecule has 154 valence electrons. The predicted molar refractivity (Wildman–Crippen MR) is 121 cm³/mol. The van der Waals surface area contributed by atoms with E-state index in [2.05, 4.69) is 10.3 Å². The van der Waals surface area contributed by atoms with E-state index in [9.17, 15) is 14.9 Å². The molecule has 0 atom stereocenters. The SMILES string of the molecule is O=C(CSc1ncc(-c2cccc([N+](=O)[O-])c2)n1-c1ccccc1)Nc1ccccc1. The number of non-ortho nitro benzene ring substituents is 1. The van der Waals surface area contributed by atoms with E-state index in [-0.39, 0.29) is 17.3 Å². The molecule has 0 saturated heterocycles. The van der Waals surface area contributed by atoms with Crippen molar-refractivity contribution in [3.63, 3.8) is 0 Å². The first-order chi connectivity index (χ1) is 15.1. The normalized spacial score (nSPS) is 10.6. The van der Waals surface area contributed by atoms with E-state index in [1.807, 2.05) is 65.2 Å². The lowest BCUT2D eigenvalue weighted by atomic mass is 10.1. The standard InChI is InChI=1S/C23H18N4O3S/c28-22(25-18-9-3-1-4-10-18)16-31-23-24-15-21(26(23)19-11-5-2-6-12-19)17-8-7-13-20(14-17)27(29)30/h1-15H,16H2,(H,25,28). The minimum Gasteiger partial charge on any atom is -0.325 e. The number of para-hydroxylation sites is 2. The number of imidazole rings is 1. The van der Waals surface area contributed by atoms with Crippen LogP contribution in [-0.4, -0.2) is 26.1 Å². The smallest absolute Gasteiger partial charge is 0.270 e. The fraction of sp³-hybridized carbons (Fsp3) is 0.0435. The number of hydrogen-bond donors (Lipinski definition) is 1. The third-order valence-electron chi connectivity index (χ3n) is 4.49. The molecule has 0 bridgehead atoms. The number of nitrogens with one attached hydrogen (secondary N) is 1. The summed E-state index contributed by atoms with van der Waals surface area (Å²) in [5.41, 5.74) is 2.98. The summed E-state index contributed by atoms with van der Waals surface area (Å²) in [4.78, 5) is 27.7. The van der Waals surface area contributed by atoms with E-state index in [0.717, 1.165) is 11.4 Å². The van der Waals surface area contributed by atoms with Crippen LogP contribution in [0.2, 0.25) is 0 Å². The molecule has 0 aliphatic heterocycles. The van der Waals surface area contributed by atoms with Crippen molar-refractivity contribution in [2.24, 2.45) is 0 Å². The first kappa shape index (κ1) is 20.4. The van der Waals surface area contributed by atoms with Crippen molar-refractivity contribution in [3.8, 4) is 16.9 Å². The van der Waals surface area contributed by atoms with Gasteiger partial charge in [-0.2, -0.15) is 0 Å². The topological polar surface area (TPSA) is 90.1 Å². The molecule has 0 spiro atoms. The van der Waals surface area contributed by atoms with E-state index < -0.39 is 4.92 Å². The zero-order chi connectivity index (χ0) is 21.6. The zero-order valence-electron chi connectivity index (χ0n) is 16.3. The van der Waals surface area contributed by atoms with Crippen LogP contribution in [-0.2, 0) is 4.79 Å². The number of hydrogen-bond acceptors (Lipinski definition) is 5. The molecule has 31 heavy (non-hydrogen) atoms. The molecule has 0 aliphatic carbocycles. The Morgan fingerprint density at radius 2 is 1.71 bits per heavy atom. The van der Waals surface area contributed by atoms with Crippen molar-refractivity contribution in [1.82, 2.24) is 9.55 Å². The van der Waals surface area contributed by atoms with Gasteiger partial charge in [0.25, 0.3) is 5.69 Å². The number of rotatable bonds is 7. The number of amides is 1. The summed E-state index contributed by atoms with van der Waals surface area (Å²) in [7, 11) is 0. The third-order valence-corrected chi connectivity index (χ3v) is 5.44. The summed E-state index contributed by atoms with van der Waals surface area (Å²) in [6.07, 6.45) is 1.67. The summed E-state index contributed by atoms with van der Waals surface area (Å²) in [5.74, 6) is 0.0309. The highest BCUT2D eigenvalue weighted by Gasteiger charge is 2.17. The van der Waals surface area contributed by atoms with Crippen LogP contribution in [0.5, 0.6) is 0 Å². The van der Waals surface area contributed by atoms with Crippen molar-refractivity contribution in [2.75, 3.05) is 11.1 Å². The molecule has 0 unspecified atom stereocenters. The largest absolute Gasteiger partial charge is 0.325 e. The fourth-order valence-electron chi connectivity index (χ4n) is 3.09. The van der Waals surface area contributed by atoms with Gasteiger partial charge in [-0.25, -0.2) is 4.98 Å². The van der Waals surface area contributed by atoms with E-state index in [0.29, 0.717) is 16.4 Å². The zero-order valence-corrected chi connectivity index (χ0v) is 17.2. The van der Waals surface area contributed by atoms with Crippen molar-refractivity contribution in [1.29, 1.82) is 0 Å². The minimum absolute atomic E-state index is 0.00903. The molecule has 0 fully saturated rings. The Morgan fingerprint density at radius 3 is 2.42 bits per heavy atom.